The molecule has 0 spiro atoms. The molecular formula is C9H16N4O2. The van der Waals surface area contributed by atoms with Crippen molar-refractivity contribution in [2.24, 2.45) is 5.92 Å². The average Bonchev–Trinajstić information content (AvgIpc) is 2.58. The molecule has 0 aliphatic heterocycles. The predicted molar refractivity (Wildman–Crippen MR) is 53.2 cm³/mol. The smallest absolute Gasteiger partial charge is 0.305 e. The second-order valence-corrected chi connectivity index (χ2v) is 3.89. The highest BCUT2D eigenvalue weighted by atomic mass is 16.4. The van der Waals surface area contributed by atoms with Gasteiger partial charge in [0.05, 0.1) is 13.0 Å². The Morgan fingerprint density at radius 1 is 1.53 bits per heavy atom. The maximum absolute atomic E-state index is 10.4. The van der Waals surface area contributed by atoms with E-state index in [1.54, 1.807) is 4.68 Å². The van der Waals surface area contributed by atoms with E-state index in [-0.39, 0.29) is 6.42 Å². The van der Waals surface area contributed by atoms with Crippen molar-refractivity contribution in [1.82, 2.24) is 20.2 Å². The Balaban J connectivity index is 2.49. The maximum atomic E-state index is 10.4. The molecule has 1 rings (SSSR count). The topological polar surface area (TPSA) is 80.9 Å². The summed E-state index contributed by atoms with van der Waals surface area (Å²) in [6.07, 6.45) is 1.86. The van der Waals surface area contributed by atoms with Crippen molar-refractivity contribution in [2.75, 3.05) is 0 Å². The summed E-state index contributed by atoms with van der Waals surface area (Å²) in [5.41, 5.74) is 0. The first-order valence-electron chi connectivity index (χ1n) is 5.06. The third-order valence-corrected chi connectivity index (χ3v) is 2.09. The SMILES string of the molecule is CC(C)CCc1nnnn1CCC(=O)O. The summed E-state index contributed by atoms with van der Waals surface area (Å²) in [6, 6.07) is 0. The molecule has 0 amide bonds. The minimum absolute atomic E-state index is 0.0553. The molecule has 0 saturated heterocycles. The number of nitrogens with zero attached hydrogens (tertiary/aromatic N) is 4. The number of carboxylic acids is 1. The van der Waals surface area contributed by atoms with Crippen molar-refractivity contribution in [3.8, 4) is 0 Å². The van der Waals surface area contributed by atoms with Crippen molar-refractivity contribution < 1.29 is 9.90 Å². The number of aliphatic carboxylic acids is 1. The molecule has 0 atom stereocenters. The fraction of sp³-hybridized carbons (Fsp3) is 0.778. The van der Waals surface area contributed by atoms with Gasteiger partial charge in [-0.3, -0.25) is 4.79 Å². The molecule has 0 aliphatic carbocycles. The van der Waals surface area contributed by atoms with E-state index in [0.717, 1.165) is 18.7 Å². The Morgan fingerprint density at radius 2 is 2.27 bits per heavy atom. The molecule has 0 unspecified atom stereocenters. The van der Waals surface area contributed by atoms with E-state index in [4.69, 9.17) is 5.11 Å². The first kappa shape index (κ1) is 11.6. The second kappa shape index (κ2) is 5.43. The number of aryl methyl sites for hydroxylation is 2. The Hall–Kier alpha value is -1.46. The molecule has 84 valence electrons. The molecule has 6 nitrogen and oxygen atoms in total. The second-order valence-electron chi connectivity index (χ2n) is 3.89. The monoisotopic (exact) mass is 212 g/mol. The van der Waals surface area contributed by atoms with Crippen LogP contribution < -0.4 is 0 Å². The number of carbonyl (C=O) groups is 1. The van der Waals surface area contributed by atoms with E-state index in [1.807, 2.05) is 0 Å². The lowest BCUT2D eigenvalue weighted by Gasteiger charge is -2.04. The van der Waals surface area contributed by atoms with Gasteiger partial charge in [0.2, 0.25) is 0 Å². The zero-order valence-corrected chi connectivity index (χ0v) is 9.05. The van der Waals surface area contributed by atoms with Gasteiger partial charge >= 0.3 is 5.97 Å². The van der Waals surface area contributed by atoms with Gasteiger partial charge in [-0.15, -0.1) is 5.10 Å². The Bertz CT molecular complexity index is 322. The maximum Gasteiger partial charge on any atom is 0.305 e. The lowest BCUT2D eigenvalue weighted by atomic mass is 10.1. The fourth-order valence-corrected chi connectivity index (χ4v) is 1.20. The van der Waals surface area contributed by atoms with Crippen molar-refractivity contribution in [3.05, 3.63) is 5.82 Å². The largest absolute Gasteiger partial charge is 0.481 e. The number of rotatable bonds is 6. The standard InChI is InChI=1S/C9H16N4O2/c1-7(2)3-4-8-10-11-12-13(8)6-5-9(14)15/h7H,3-6H2,1-2H3,(H,14,15). The molecule has 1 heterocycles. The van der Waals surface area contributed by atoms with Gasteiger partial charge < -0.3 is 5.11 Å². The van der Waals surface area contributed by atoms with Gasteiger partial charge in [0.15, 0.2) is 5.82 Å². The first-order chi connectivity index (χ1) is 7.09. The number of hydrogen-bond donors (Lipinski definition) is 1. The fourth-order valence-electron chi connectivity index (χ4n) is 1.20. The lowest BCUT2D eigenvalue weighted by Crippen LogP contribution is -2.10. The summed E-state index contributed by atoms with van der Waals surface area (Å²) in [5.74, 6) is 0.528. The summed E-state index contributed by atoms with van der Waals surface area (Å²) >= 11 is 0. The molecule has 15 heavy (non-hydrogen) atoms. The van der Waals surface area contributed by atoms with Gasteiger partial charge in [0.25, 0.3) is 0 Å². The minimum Gasteiger partial charge on any atom is -0.481 e. The molecule has 0 aliphatic rings. The Kier molecular flexibility index (Phi) is 4.20. The van der Waals surface area contributed by atoms with E-state index < -0.39 is 5.97 Å². The minimum atomic E-state index is -0.833. The van der Waals surface area contributed by atoms with Crippen molar-refractivity contribution >= 4 is 5.97 Å². The Labute approximate surface area is 88.3 Å². The summed E-state index contributed by atoms with van der Waals surface area (Å²) in [7, 11) is 0. The molecule has 1 N–H and O–H groups in total. The highest BCUT2D eigenvalue weighted by Gasteiger charge is 2.08. The molecule has 0 aromatic carbocycles. The number of aromatic nitrogens is 4. The van der Waals surface area contributed by atoms with Crippen LogP contribution in [0, 0.1) is 5.92 Å². The Morgan fingerprint density at radius 3 is 2.87 bits per heavy atom. The zero-order valence-electron chi connectivity index (χ0n) is 9.05. The van der Waals surface area contributed by atoms with Gasteiger partial charge in [-0.25, -0.2) is 4.68 Å². The van der Waals surface area contributed by atoms with Gasteiger partial charge in [-0.05, 0) is 22.8 Å². The highest BCUT2D eigenvalue weighted by Crippen LogP contribution is 2.05. The zero-order chi connectivity index (χ0) is 11.3. The van der Waals surface area contributed by atoms with Crippen LogP contribution in [0.4, 0.5) is 0 Å². The molecule has 0 saturated carbocycles. The quantitative estimate of drug-likeness (QED) is 0.752. The van der Waals surface area contributed by atoms with Crippen LogP contribution in [0.1, 0.15) is 32.5 Å². The lowest BCUT2D eigenvalue weighted by molar-refractivity contribution is -0.137. The van der Waals surface area contributed by atoms with Crippen LogP contribution in [0.15, 0.2) is 0 Å². The number of hydrogen-bond acceptors (Lipinski definition) is 4. The molecule has 1 aromatic rings. The summed E-state index contributed by atoms with van der Waals surface area (Å²) in [6.45, 7) is 4.60. The van der Waals surface area contributed by atoms with Gasteiger partial charge in [0.1, 0.15) is 0 Å². The molecule has 0 fully saturated rings. The number of tetrazole rings is 1. The molecule has 6 heteroatoms. The van der Waals surface area contributed by atoms with Crippen molar-refractivity contribution in [3.63, 3.8) is 0 Å². The molecular weight excluding hydrogens is 196 g/mol. The summed E-state index contributed by atoms with van der Waals surface area (Å²) in [4.78, 5) is 10.4. The van der Waals surface area contributed by atoms with Crippen molar-refractivity contribution in [2.45, 2.75) is 39.7 Å². The van der Waals surface area contributed by atoms with E-state index in [9.17, 15) is 4.79 Å². The third kappa shape index (κ3) is 4.05. The summed E-state index contributed by atoms with van der Waals surface area (Å²) < 4.78 is 1.57. The number of carboxylic acid groups (broad SMARTS) is 1. The van der Waals surface area contributed by atoms with E-state index in [2.05, 4.69) is 29.4 Å². The average molecular weight is 212 g/mol. The summed E-state index contributed by atoms with van der Waals surface area (Å²) in [5, 5.41) is 19.7. The highest BCUT2D eigenvalue weighted by molar-refractivity contribution is 5.66. The van der Waals surface area contributed by atoms with E-state index in [0.29, 0.717) is 12.5 Å². The van der Waals surface area contributed by atoms with Crippen molar-refractivity contribution in [1.29, 1.82) is 0 Å². The van der Waals surface area contributed by atoms with Crippen LogP contribution in [0.3, 0.4) is 0 Å². The first-order valence-corrected chi connectivity index (χ1v) is 5.06. The van der Waals surface area contributed by atoms with Crippen LogP contribution in [0.25, 0.3) is 0 Å². The molecule has 0 bridgehead atoms. The molecule has 1 aromatic heterocycles. The van der Waals surface area contributed by atoms with Crippen LogP contribution in [-0.2, 0) is 17.8 Å². The van der Waals surface area contributed by atoms with E-state index in [1.165, 1.54) is 0 Å². The third-order valence-electron chi connectivity index (χ3n) is 2.09. The van der Waals surface area contributed by atoms with Crippen LogP contribution in [0.2, 0.25) is 0 Å². The van der Waals surface area contributed by atoms with Crippen LogP contribution >= 0.6 is 0 Å². The molecule has 0 radical (unpaired) electrons. The van der Waals surface area contributed by atoms with Crippen LogP contribution in [-0.4, -0.2) is 31.3 Å². The van der Waals surface area contributed by atoms with Gasteiger partial charge in [0, 0.05) is 6.42 Å². The van der Waals surface area contributed by atoms with Gasteiger partial charge in [-0.1, -0.05) is 13.8 Å². The normalized spacial score (nSPS) is 10.9. The van der Waals surface area contributed by atoms with Crippen LogP contribution in [0.5, 0.6) is 0 Å². The van der Waals surface area contributed by atoms with Gasteiger partial charge in [-0.2, -0.15) is 0 Å². The van der Waals surface area contributed by atoms with E-state index >= 15 is 0 Å². The predicted octanol–water partition coefficient (Wildman–Crippen LogP) is 0.736.